The van der Waals surface area contributed by atoms with Gasteiger partial charge in [-0.3, -0.25) is 14.8 Å². The first-order valence-electron chi connectivity index (χ1n) is 12.5. The van der Waals surface area contributed by atoms with Crippen molar-refractivity contribution in [1.82, 2.24) is 15.3 Å². The predicted octanol–water partition coefficient (Wildman–Crippen LogP) is 6.97. The van der Waals surface area contributed by atoms with E-state index in [1.807, 2.05) is 12.1 Å². The Bertz CT molecular complexity index is 1570. The molecule has 0 bridgehead atoms. The van der Waals surface area contributed by atoms with Crippen molar-refractivity contribution in [2.24, 2.45) is 5.16 Å². The van der Waals surface area contributed by atoms with Gasteiger partial charge in [-0.05, 0) is 73.5 Å². The third kappa shape index (κ3) is 5.85. The number of oxime groups is 1. The molecule has 0 saturated heterocycles. The van der Waals surface area contributed by atoms with Crippen molar-refractivity contribution in [3.8, 4) is 11.1 Å². The Morgan fingerprint density at radius 3 is 2.50 bits per heavy atom. The van der Waals surface area contributed by atoms with Gasteiger partial charge in [0.25, 0.3) is 5.91 Å². The summed E-state index contributed by atoms with van der Waals surface area (Å²) in [6, 6.07) is 16.7. The normalized spacial score (nSPS) is 15.8. The second kappa shape index (κ2) is 10.9. The average Bonchev–Trinajstić information content (AvgIpc) is 3.43. The van der Waals surface area contributed by atoms with Crippen LogP contribution in [0.1, 0.15) is 63.9 Å². The Morgan fingerprint density at radius 2 is 1.82 bits per heavy atom. The molecule has 4 aromatic rings. The minimum atomic E-state index is -4.51. The van der Waals surface area contributed by atoms with E-state index in [0.29, 0.717) is 34.5 Å². The van der Waals surface area contributed by atoms with Crippen molar-refractivity contribution in [2.45, 2.75) is 38.6 Å². The minimum absolute atomic E-state index is 0.218. The summed E-state index contributed by atoms with van der Waals surface area (Å²) in [4.78, 5) is 27.1. The maximum atomic E-state index is 15.0. The third-order valence-corrected chi connectivity index (χ3v) is 6.56. The molecule has 1 unspecified atom stereocenters. The Morgan fingerprint density at radius 1 is 1.02 bits per heavy atom. The van der Waals surface area contributed by atoms with Crippen LogP contribution in [0.15, 0.2) is 84.3 Å². The fraction of sp³-hybridized carbons (Fsp3) is 0.200. The van der Waals surface area contributed by atoms with E-state index in [0.717, 1.165) is 17.8 Å². The van der Waals surface area contributed by atoms with Crippen molar-refractivity contribution in [1.29, 1.82) is 0 Å². The molecule has 1 aliphatic rings. The van der Waals surface area contributed by atoms with Crippen LogP contribution >= 0.6 is 0 Å². The van der Waals surface area contributed by atoms with Gasteiger partial charge in [0, 0.05) is 35.5 Å². The Labute approximate surface area is 227 Å². The lowest BCUT2D eigenvalue weighted by molar-refractivity contribution is -0.137. The quantitative estimate of drug-likeness (QED) is 0.264. The Balaban J connectivity index is 1.45. The molecule has 6 nitrogen and oxygen atoms in total. The second-order valence-electron chi connectivity index (χ2n) is 9.54. The van der Waals surface area contributed by atoms with Crippen LogP contribution in [0.5, 0.6) is 0 Å². The molecule has 2 aromatic heterocycles. The van der Waals surface area contributed by atoms with Gasteiger partial charge >= 0.3 is 6.18 Å². The number of hydrogen-bond donors (Lipinski definition) is 1. The highest BCUT2D eigenvalue weighted by Gasteiger charge is 2.31. The van der Waals surface area contributed by atoms with E-state index in [1.165, 1.54) is 12.1 Å². The maximum Gasteiger partial charge on any atom is 0.417 e. The Hall–Kier alpha value is -4.60. The molecule has 2 atom stereocenters. The smallest absolute Gasteiger partial charge is 0.385 e. The zero-order valence-corrected chi connectivity index (χ0v) is 21.5. The molecular weight excluding hydrogens is 524 g/mol. The largest absolute Gasteiger partial charge is 0.417 e. The topological polar surface area (TPSA) is 76.5 Å². The molecular formula is C30H24F4N4O2. The molecule has 5 rings (SSSR count). The van der Waals surface area contributed by atoms with Crippen LogP contribution in [0.2, 0.25) is 0 Å². The van der Waals surface area contributed by atoms with Crippen LogP contribution in [-0.2, 0) is 11.0 Å². The highest BCUT2D eigenvalue weighted by atomic mass is 19.4. The fourth-order valence-corrected chi connectivity index (χ4v) is 4.39. The number of nitrogens with one attached hydrogen (secondary N) is 1. The van der Waals surface area contributed by atoms with E-state index in [1.54, 1.807) is 56.4 Å². The molecule has 0 fully saturated rings. The number of carbonyl (C=O) groups is 1. The first kappa shape index (κ1) is 27.0. The van der Waals surface area contributed by atoms with Crippen LogP contribution in [0.3, 0.4) is 0 Å². The summed E-state index contributed by atoms with van der Waals surface area (Å²) in [7, 11) is 0. The summed E-state index contributed by atoms with van der Waals surface area (Å²) >= 11 is 0. The molecule has 0 saturated carbocycles. The molecule has 10 heteroatoms. The van der Waals surface area contributed by atoms with E-state index in [-0.39, 0.29) is 11.3 Å². The second-order valence-corrected chi connectivity index (χ2v) is 9.54. The SMILES string of the molecule is Cc1ccc(-c2cc(C(=O)N[C@H](C)c3ccc(C(F)(F)F)cn3)cc(C3=NOC(c4ccccn4)C3)c2)c(F)c1. The summed E-state index contributed by atoms with van der Waals surface area (Å²) in [5, 5.41) is 6.99. The standard InChI is InChI=1S/C30H24F4N4O2/c1-17-6-8-23(24(31)11-17)19-12-20(27-15-28(40-38-27)26-5-3-4-10-35-26)14-21(13-19)29(39)37-18(2)25-9-7-22(16-36-25)30(32,33)34/h3-14,16,18,28H,15H2,1-2H3,(H,37,39)/t18-,28?/m1/s1. The molecule has 3 heterocycles. The van der Waals surface area contributed by atoms with E-state index < -0.39 is 35.6 Å². The van der Waals surface area contributed by atoms with Crippen molar-refractivity contribution < 1.29 is 27.2 Å². The molecule has 0 radical (unpaired) electrons. The fourth-order valence-electron chi connectivity index (χ4n) is 4.39. The van der Waals surface area contributed by atoms with Gasteiger partial charge in [0.2, 0.25) is 0 Å². The number of carbonyl (C=O) groups excluding carboxylic acids is 1. The lowest BCUT2D eigenvalue weighted by Gasteiger charge is -2.16. The zero-order valence-electron chi connectivity index (χ0n) is 21.5. The number of halogens is 4. The number of nitrogens with zero attached hydrogens (tertiary/aromatic N) is 3. The summed E-state index contributed by atoms with van der Waals surface area (Å²) < 4.78 is 53.7. The van der Waals surface area contributed by atoms with Crippen molar-refractivity contribution in [3.63, 3.8) is 0 Å². The van der Waals surface area contributed by atoms with E-state index in [9.17, 15) is 22.4 Å². The van der Waals surface area contributed by atoms with Crippen LogP contribution in [-0.4, -0.2) is 21.6 Å². The molecule has 1 amide bonds. The number of aryl methyl sites for hydroxylation is 1. The maximum absolute atomic E-state index is 15.0. The molecule has 2 aromatic carbocycles. The van der Waals surface area contributed by atoms with Crippen LogP contribution in [0, 0.1) is 12.7 Å². The number of amides is 1. The number of aromatic nitrogens is 2. The summed E-state index contributed by atoms with van der Waals surface area (Å²) in [6.45, 7) is 3.39. The first-order chi connectivity index (χ1) is 19.1. The molecule has 0 aliphatic carbocycles. The van der Waals surface area contributed by atoms with Crippen molar-refractivity contribution >= 4 is 11.6 Å². The lowest BCUT2D eigenvalue weighted by Crippen LogP contribution is -2.27. The molecule has 0 spiro atoms. The van der Waals surface area contributed by atoms with Gasteiger partial charge in [-0.15, -0.1) is 0 Å². The van der Waals surface area contributed by atoms with Crippen molar-refractivity contribution in [3.05, 3.63) is 119 Å². The molecule has 40 heavy (non-hydrogen) atoms. The minimum Gasteiger partial charge on any atom is -0.385 e. The number of alkyl halides is 3. The van der Waals surface area contributed by atoms with E-state index in [4.69, 9.17) is 4.84 Å². The van der Waals surface area contributed by atoms with Gasteiger partial charge in [-0.2, -0.15) is 13.2 Å². The van der Waals surface area contributed by atoms with Gasteiger partial charge in [-0.1, -0.05) is 23.4 Å². The summed E-state index contributed by atoms with van der Waals surface area (Å²) in [6.07, 6.45) is -2.13. The average molecular weight is 549 g/mol. The van der Waals surface area contributed by atoms with Gasteiger partial charge in [0.05, 0.1) is 28.7 Å². The summed E-state index contributed by atoms with van der Waals surface area (Å²) in [5.74, 6) is -0.951. The van der Waals surface area contributed by atoms with Gasteiger partial charge in [0.15, 0.2) is 6.10 Å². The predicted molar refractivity (Wildman–Crippen MR) is 141 cm³/mol. The van der Waals surface area contributed by atoms with Gasteiger partial charge < -0.3 is 10.2 Å². The van der Waals surface area contributed by atoms with Gasteiger partial charge in [0.1, 0.15) is 5.82 Å². The molecule has 1 aliphatic heterocycles. The number of pyridine rings is 2. The van der Waals surface area contributed by atoms with Crippen molar-refractivity contribution in [2.75, 3.05) is 0 Å². The number of rotatable bonds is 6. The molecule has 1 N–H and O–H groups in total. The van der Waals surface area contributed by atoms with Crippen LogP contribution in [0.4, 0.5) is 17.6 Å². The zero-order chi connectivity index (χ0) is 28.4. The van der Waals surface area contributed by atoms with Crippen LogP contribution in [0.25, 0.3) is 11.1 Å². The number of hydrogen-bond acceptors (Lipinski definition) is 5. The third-order valence-electron chi connectivity index (χ3n) is 6.56. The number of benzene rings is 2. The molecule has 204 valence electrons. The van der Waals surface area contributed by atoms with E-state index >= 15 is 0 Å². The first-order valence-corrected chi connectivity index (χ1v) is 12.5. The van der Waals surface area contributed by atoms with Crippen LogP contribution < -0.4 is 5.32 Å². The lowest BCUT2D eigenvalue weighted by atomic mass is 9.94. The van der Waals surface area contributed by atoms with E-state index in [2.05, 4.69) is 20.4 Å². The Kier molecular flexibility index (Phi) is 7.34. The summed E-state index contributed by atoms with van der Waals surface area (Å²) in [5.41, 5.74) is 2.96. The van der Waals surface area contributed by atoms with Gasteiger partial charge in [-0.25, -0.2) is 4.39 Å². The monoisotopic (exact) mass is 548 g/mol. The highest BCUT2D eigenvalue weighted by molar-refractivity contribution is 6.05. The highest BCUT2D eigenvalue weighted by Crippen LogP contribution is 2.32.